The Hall–Kier alpha value is -2.86. The number of benzene rings is 2. The van der Waals surface area contributed by atoms with Crippen molar-refractivity contribution in [2.45, 2.75) is 19.4 Å². The van der Waals surface area contributed by atoms with E-state index in [1.165, 1.54) is 0 Å². The number of nitrogens with zero attached hydrogens (tertiary/aromatic N) is 1. The summed E-state index contributed by atoms with van der Waals surface area (Å²) in [6.45, 7) is 3.15. The predicted molar refractivity (Wildman–Crippen MR) is 98.9 cm³/mol. The molecule has 26 heavy (non-hydrogen) atoms. The Balaban J connectivity index is 1.74. The van der Waals surface area contributed by atoms with E-state index >= 15 is 0 Å². The lowest BCUT2D eigenvalue weighted by atomic mass is 9.92. The Kier molecular flexibility index (Phi) is 4.70. The van der Waals surface area contributed by atoms with Crippen LogP contribution in [0.25, 0.3) is 0 Å². The van der Waals surface area contributed by atoms with Gasteiger partial charge in [0.25, 0.3) is 5.91 Å². The van der Waals surface area contributed by atoms with Crippen LogP contribution in [0.4, 0.5) is 10.5 Å². The molecule has 0 bridgehead atoms. The van der Waals surface area contributed by atoms with Gasteiger partial charge in [0, 0.05) is 10.7 Å². The average molecular weight is 372 g/mol. The molecule has 2 aromatic rings. The van der Waals surface area contributed by atoms with E-state index < -0.39 is 23.4 Å². The highest BCUT2D eigenvalue weighted by molar-refractivity contribution is 6.30. The molecule has 1 saturated heterocycles. The van der Waals surface area contributed by atoms with Crippen LogP contribution in [0.2, 0.25) is 5.02 Å². The predicted octanol–water partition coefficient (Wildman–Crippen LogP) is 3.05. The minimum Gasteiger partial charge on any atom is -0.325 e. The van der Waals surface area contributed by atoms with Crippen LogP contribution in [0.15, 0.2) is 48.5 Å². The summed E-state index contributed by atoms with van der Waals surface area (Å²) in [5.74, 6) is -0.927. The second-order valence-electron chi connectivity index (χ2n) is 6.37. The maximum atomic E-state index is 12.8. The molecule has 1 aliphatic heterocycles. The van der Waals surface area contributed by atoms with Crippen LogP contribution in [0, 0.1) is 6.92 Å². The normalized spacial score (nSPS) is 19.4. The van der Waals surface area contributed by atoms with Crippen molar-refractivity contribution in [1.29, 1.82) is 0 Å². The average Bonchev–Trinajstić information content (AvgIpc) is 2.79. The van der Waals surface area contributed by atoms with Gasteiger partial charge in [-0.25, -0.2) is 4.79 Å². The number of rotatable bonds is 4. The van der Waals surface area contributed by atoms with Gasteiger partial charge >= 0.3 is 6.03 Å². The minimum atomic E-state index is -1.23. The van der Waals surface area contributed by atoms with Crippen molar-refractivity contribution in [1.82, 2.24) is 10.2 Å². The summed E-state index contributed by atoms with van der Waals surface area (Å²) < 4.78 is 0. The number of amides is 4. The van der Waals surface area contributed by atoms with E-state index in [2.05, 4.69) is 10.6 Å². The number of imide groups is 1. The molecule has 2 aromatic carbocycles. The first kappa shape index (κ1) is 17.9. The summed E-state index contributed by atoms with van der Waals surface area (Å²) in [6, 6.07) is 13.3. The van der Waals surface area contributed by atoms with Crippen molar-refractivity contribution in [2.24, 2.45) is 0 Å². The molecular weight excluding hydrogens is 354 g/mol. The Labute approximate surface area is 156 Å². The standard InChI is InChI=1S/C19H18ClN3O3/c1-12-4-3-5-15(10-12)21-16(24)11-23-17(25)19(2,22-18(23)26)13-6-8-14(20)9-7-13/h3-10H,11H2,1-2H3,(H,21,24)(H,22,26)/t19-/m0/s1. The third kappa shape index (κ3) is 3.41. The Morgan fingerprint density at radius 3 is 2.54 bits per heavy atom. The second kappa shape index (κ2) is 6.80. The quantitative estimate of drug-likeness (QED) is 0.811. The first-order valence-corrected chi connectivity index (χ1v) is 8.44. The molecule has 0 aromatic heterocycles. The van der Waals surface area contributed by atoms with Crippen LogP contribution >= 0.6 is 11.6 Å². The molecule has 2 N–H and O–H groups in total. The van der Waals surface area contributed by atoms with Gasteiger partial charge < -0.3 is 10.6 Å². The molecule has 1 heterocycles. The summed E-state index contributed by atoms with van der Waals surface area (Å²) in [6.07, 6.45) is 0. The summed E-state index contributed by atoms with van der Waals surface area (Å²) in [7, 11) is 0. The molecular formula is C19H18ClN3O3. The maximum Gasteiger partial charge on any atom is 0.325 e. The van der Waals surface area contributed by atoms with E-state index in [1.54, 1.807) is 37.3 Å². The first-order valence-electron chi connectivity index (χ1n) is 8.06. The van der Waals surface area contributed by atoms with Gasteiger partial charge in [-0.1, -0.05) is 35.9 Å². The highest BCUT2D eigenvalue weighted by Gasteiger charge is 2.49. The molecule has 0 aliphatic carbocycles. The molecule has 1 atom stereocenters. The van der Waals surface area contributed by atoms with Crippen LogP contribution in [0.5, 0.6) is 0 Å². The van der Waals surface area contributed by atoms with Gasteiger partial charge in [0.2, 0.25) is 5.91 Å². The highest BCUT2D eigenvalue weighted by atomic mass is 35.5. The zero-order valence-corrected chi connectivity index (χ0v) is 15.1. The number of halogens is 1. The molecule has 0 radical (unpaired) electrons. The maximum absolute atomic E-state index is 12.8. The molecule has 0 spiro atoms. The lowest BCUT2D eigenvalue weighted by Gasteiger charge is -2.22. The van der Waals surface area contributed by atoms with Crippen LogP contribution in [-0.2, 0) is 15.1 Å². The van der Waals surface area contributed by atoms with E-state index in [0.29, 0.717) is 16.3 Å². The van der Waals surface area contributed by atoms with Gasteiger partial charge in [0.1, 0.15) is 12.1 Å². The van der Waals surface area contributed by atoms with Crippen molar-refractivity contribution >= 4 is 35.1 Å². The van der Waals surface area contributed by atoms with E-state index in [9.17, 15) is 14.4 Å². The zero-order valence-electron chi connectivity index (χ0n) is 14.4. The number of carbonyl (C=O) groups excluding carboxylic acids is 3. The van der Waals surface area contributed by atoms with Gasteiger partial charge in [0.15, 0.2) is 0 Å². The molecule has 1 aliphatic rings. The molecule has 6 nitrogen and oxygen atoms in total. The fourth-order valence-electron chi connectivity index (χ4n) is 2.89. The number of carbonyl (C=O) groups is 3. The number of hydrogen-bond donors (Lipinski definition) is 2. The van der Waals surface area contributed by atoms with E-state index in [4.69, 9.17) is 11.6 Å². The van der Waals surface area contributed by atoms with Crippen molar-refractivity contribution in [3.8, 4) is 0 Å². The molecule has 134 valence electrons. The number of urea groups is 1. The fraction of sp³-hybridized carbons (Fsp3) is 0.211. The third-order valence-electron chi connectivity index (χ3n) is 4.30. The fourth-order valence-corrected chi connectivity index (χ4v) is 3.01. The third-order valence-corrected chi connectivity index (χ3v) is 4.55. The van der Waals surface area contributed by atoms with Crippen LogP contribution in [0.3, 0.4) is 0 Å². The van der Waals surface area contributed by atoms with E-state index in [-0.39, 0.29) is 6.54 Å². The van der Waals surface area contributed by atoms with Gasteiger partial charge in [-0.2, -0.15) is 0 Å². The molecule has 0 saturated carbocycles. The topological polar surface area (TPSA) is 78.5 Å². The number of nitrogens with one attached hydrogen (secondary N) is 2. The lowest BCUT2D eigenvalue weighted by molar-refractivity contribution is -0.133. The largest absolute Gasteiger partial charge is 0.325 e. The minimum absolute atomic E-state index is 0.359. The lowest BCUT2D eigenvalue weighted by Crippen LogP contribution is -2.42. The van der Waals surface area contributed by atoms with Crippen LogP contribution in [0.1, 0.15) is 18.1 Å². The second-order valence-corrected chi connectivity index (χ2v) is 6.81. The van der Waals surface area contributed by atoms with Crippen LogP contribution in [-0.4, -0.2) is 29.3 Å². The zero-order chi connectivity index (χ0) is 18.9. The SMILES string of the molecule is Cc1cccc(NC(=O)CN2C(=O)N[C@@](C)(c3ccc(Cl)cc3)C2=O)c1. The Bertz CT molecular complexity index is 882. The van der Waals surface area contributed by atoms with Crippen molar-refractivity contribution in [2.75, 3.05) is 11.9 Å². The first-order chi connectivity index (χ1) is 12.3. The molecule has 3 rings (SSSR count). The van der Waals surface area contributed by atoms with Gasteiger partial charge in [-0.3, -0.25) is 14.5 Å². The van der Waals surface area contributed by atoms with Gasteiger partial charge in [0.05, 0.1) is 0 Å². The van der Waals surface area contributed by atoms with E-state index in [0.717, 1.165) is 10.5 Å². The number of anilines is 1. The summed E-state index contributed by atoms with van der Waals surface area (Å²) >= 11 is 5.88. The molecule has 4 amide bonds. The van der Waals surface area contributed by atoms with Crippen LogP contribution < -0.4 is 10.6 Å². The van der Waals surface area contributed by atoms with Crippen molar-refractivity contribution in [3.05, 3.63) is 64.7 Å². The monoisotopic (exact) mass is 371 g/mol. The molecule has 7 heteroatoms. The summed E-state index contributed by atoms with van der Waals surface area (Å²) in [4.78, 5) is 38.2. The van der Waals surface area contributed by atoms with Gasteiger partial charge in [-0.15, -0.1) is 0 Å². The smallest absolute Gasteiger partial charge is 0.325 e. The van der Waals surface area contributed by atoms with Crippen molar-refractivity contribution in [3.63, 3.8) is 0 Å². The highest BCUT2D eigenvalue weighted by Crippen LogP contribution is 2.29. The van der Waals surface area contributed by atoms with E-state index in [1.807, 2.05) is 25.1 Å². The molecule has 0 unspecified atom stereocenters. The van der Waals surface area contributed by atoms with Crippen molar-refractivity contribution < 1.29 is 14.4 Å². The summed E-state index contributed by atoms with van der Waals surface area (Å²) in [5.41, 5.74) is 0.975. The number of hydrogen-bond acceptors (Lipinski definition) is 3. The number of aryl methyl sites for hydroxylation is 1. The molecule has 1 fully saturated rings. The Morgan fingerprint density at radius 1 is 1.19 bits per heavy atom. The Morgan fingerprint density at radius 2 is 1.88 bits per heavy atom. The van der Waals surface area contributed by atoms with Gasteiger partial charge in [-0.05, 0) is 49.2 Å². The summed E-state index contributed by atoms with van der Waals surface area (Å²) in [5, 5.41) is 5.88.